The predicted octanol–water partition coefficient (Wildman–Crippen LogP) is 2.35. The highest BCUT2D eigenvalue weighted by atomic mass is 35.5. The number of nitrogens with zero attached hydrogens (tertiary/aromatic N) is 2. The van der Waals surface area contributed by atoms with Crippen molar-refractivity contribution >= 4 is 17.4 Å². The van der Waals surface area contributed by atoms with E-state index in [0.717, 1.165) is 5.56 Å². The second-order valence-electron chi connectivity index (χ2n) is 4.00. The number of hydrogen-bond acceptors (Lipinski definition) is 4. The minimum absolute atomic E-state index is 0.0344. The van der Waals surface area contributed by atoms with Crippen molar-refractivity contribution in [2.75, 3.05) is 12.8 Å². The Balaban J connectivity index is 2.78. The largest absolute Gasteiger partial charge is 0.504 e. The zero-order valence-corrected chi connectivity index (χ0v) is 11.1. The molecule has 0 spiro atoms. The molecule has 0 unspecified atom stereocenters. The average Bonchev–Trinajstić information content (AvgIpc) is 2.66. The Bertz CT molecular complexity index is 608. The monoisotopic (exact) mass is 267 g/mol. The first-order valence-corrected chi connectivity index (χ1v) is 5.69. The summed E-state index contributed by atoms with van der Waals surface area (Å²) in [6.45, 7) is 1.83. The molecule has 2 aromatic rings. The van der Waals surface area contributed by atoms with Crippen molar-refractivity contribution < 1.29 is 9.84 Å². The fraction of sp³-hybridized carbons (Fsp3) is 0.250. The summed E-state index contributed by atoms with van der Waals surface area (Å²) in [6.07, 6.45) is 1.56. The zero-order valence-electron chi connectivity index (χ0n) is 10.4. The first kappa shape index (κ1) is 12.6. The number of ether oxygens (including phenoxy) is 1. The lowest BCUT2D eigenvalue weighted by Gasteiger charge is -2.13. The van der Waals surface area contributed by atoms with Crippen LogP contribution in [0.5, 0.6) is 11.5 Å². The molecule has 0 aliphatic carbocycles. The number of aromatic hydroxyl groups is 1. The second kappa shape index (κ2) is 4.42. The molecule has 96 valence electrons. The summed E-state index contributed by atoms with van der Waals surface area (Å²) >= 11 is 6.24. The Hall–Kier alpha value is -1.88. The molecule has 1 heterocycles. The van der Waals surface area contributed by atoms with Gasteiger partial charge in [0.2, 0.25) is 0 Å². The zero-order chi connectivity index (χ0) is 13.4. The van der Waals surface area contributed by atoms with E-state index in [-0.39, 0.29) is 5.75 Å². The van der Waals surface area contributed by atoms with Gasteiger partial charge in [0, 0.05) is 12.6 Å². The molecule has 0 saturated carbocycles. The van der Waals surface area contributed by atoms with Gasteiger partial charge in [-0.25, -0.2) is 0 Å². The van der Waals surface area contributed by atoms with Gasteiger partial charge in [0.1, 0.15) is 5.82 Å². The van der Waals surface area contributed by atoms with Crippen molar-refractivity contribution in [3.8, 4) is 22.6 Å². The van der Waals surface area contributed by atoms with Gasteiger partial charge < -0.3 is 15.6 Å². The first-order chi connectivity index (χ1) is 8.47. The number of aromatic nitrogens is 2. The molecule has 5 nitrogen and oxygen atoms in total. The van der Waals surface area contributed by atoms with E-state index in [1.807, 2.05) is 6.92 Å². The van der Waals surface area contributed by atoms with Crippen molar-refractivity contribution in [1.29, 1.82) is 0 Å². The summed E-state index contributed by atoms with van der Waals surface area (Å²) in [4.78, 5) is 0. The average molecular weight is 268 g/mol. The van der Waals surface area contributed by atoms with Gasteiger partial charge in [-0.2, -0.15) is 5.10 Å². The molecule has 1 aromatic carbocycles. The molecule has 0 atom stereocenters. The maximum absolute atomic E-state index is 10.2. The molecular weight excluding hydrogens is 254 g/mol. The molecule has 0 bridgehead atoms. The summed E-state index contributed by atoms with van der Waals surface area (Å²) in [5, 5.41) is 14.7. The Morgan fingerprint density at radius 2 is 2.17 bits per heavy atom. The molecule has 18 heavy (non-hydrogen) atoms. The molecule has 0 fully saturated rings. The van der Waals surface area contributed by atoms with Crippen LogP contribution in [-0.4, -0.2) is 22.0 Å². The number of halogens is 1. The van der Waals surface area contributed by atoms with Crippen LogP contribution in [0.15, 0.2) is 12.3 Å². The Morgan fingerprint density at radius 3 is 2.67 bits per heavy atom. The summed E-state index contributed by atoms with van der Waals surface area (Å²) in [6, 6.07) is 1.67. The number of phenolic OH excluding ortho intramolecular Hbond substituents is 1. The van der Waals surface area contributed by atoms with Crippen LogP contribution in [0.2, 0.25) is 5.02 Å². The lowest BCUT2D eigenvalue weighted by molar-refractivity contribution is 0.374. The van der Waals surface area contributed by atoms with Gasteiger partial charge in [-0.3, -0.25) is 4.68 Å². The van der Waals surface area contributed by atoms with Gasteiger partial charge in [0.25, 0.3) is 0 Å². The summed E-state index contributed by atoms with van der Waals surface area (Å²) in [5.41, 5.74) is 7.73. The highest BCUT2D eigenvalue weighted by molar-refractivity contribution is 6.34. The highest BCUT2D eigenvalue weighted by Gasteiger charge is 2.20. The SMILES string of the molecule is COc1cc(C)c(Cl)c(-c2cnn(C)c2N)c1O. The van der Waals surface area contributed by atoms with Crippen LogP contribution in [-0.2, 0) is 7.05 Å². The van der Waals surface area contributed by atoms with Gasteiger partial charge in [-0.15, -0.1) is 0 Å². The molecule has 0 radical (unpaired) electrons. The van der Waals surface area contributed by atoms with Crippen LogP contribution in [0.25, 0.3) is 11.1 Å². The Labute approximate surface area is 110 Å². The lowest BCUT2D eigenvalue weighted by Crippen LogP contribution is -1.99. The van der Waals surface area contributed by atoms with E-state index >= 15 is 0 Å². The quantitative estimate of drug-likeness (QED) is 0.876. The molecule has 6 heteroatoms. The van der Waals surface area contributed by atoms with E-state index in [1.54, 1.807) is 19.3 Å². The van der Waals surface area contributed by atoms with Crippen LogP contribution in [0, 0.1) is 6.92 Å². The topological polar surface area (TPSA) is 73.3 Å². The molecule has 2 rings (SSSR count). The van der Waals surface area contributed by atoms with Crippen LogP contribution >= 0.6 is 11.6 Å². The van der Waals surface area contributed by atoms with Crippen LogP contribution < -0.4 is 10.5 Å². The van der Waals surface area contributed by atoms with Crippen LogP contribution in [0.3, 0.4) is 0 Å². The Kier molecular flexibility index (Phi) is 3.09. The van der Waals surface area contributed by atoms with Gasteiger partial charge >= 0.3 is 0 Å². The Morgan fingerprint density at radius 1 is 1.50 bits per heavy atom. The molecular formula is C12H14ClN3O2. The van der Waals surface area contributed by atoms with E-state index in [4.69, 9.17) is 22.1 Å². The second-order valence-corrected chi connectivity index (χ2v) is 4.38. The normalized spacial score (nSPS) is 10.7. The third kappa shape index (κ3) is 1.76. The van der Waals surface area contributed by atoms with E-state index in [9.17, 15) is 5.11 Å². The van der Waals surface area contributed by atoms with E-state index < -0.39 is 0 Å². The van der Waals surface area contributed by atoms with Gasteiger partial charge in [0.15, 0.2) is 11.5 Å². The number of benzene rings is 1. The molecule has 0 saturated heterocycles. The number of hydrogen-bond donors (Lipinski definition) is 2. The number of anilines is 1. The van der Waals surface area contributed by atoms with E-state index in [0.29, 0.717) is 27.7 Å². The number of nitrogens with two attached hydrogens (primary N) is 1. The standard InChI is InChI=1S/C12H14ClN3O2/c1-6-4-8(18-3)11(17)9(10(6)13)7-5-15-16(2)12(7)14/h4-5,17H,14H2,1-3H3. The maximum Gasteiger partial charge on any atom is 0.167 e. The number of rotatable bonds is 2. The van der Waals surface area contributed by atoms with Gasteiger partial charge in [-0.05, 0) is 18.6 Å². The van der Waals surface area contributed by atoms with Gasteiger partial charge in [0.05, 0.1) is 23.9 Å². The third-order valence-corrected chi connectivity index (χ3v) is 3.34. The third-order valence-electron chi connectivity index (χ3n) is 2.86. The number of aryl methyl sites for hydroxylation is 2. The van der Waals surface area contributed by atoms with E-state index in [2.05, 4.69) is 5.10 Å². The fourth-order valence-electron chi connectivity index (χ4n) is 1.79. The summed E-state index contributed by atoms with van der Waals surface area (Å²) in [7, 11) is 3.20. The maximum atomic E-state index is 10.2. The fourth-order valence-corrected chi connectivity index (χ4v) is 2.04. The van der Waals surface area contributed by atoms with Crippen LogP contribution in [0.1, 0.15) is 5.56 Å². The van der Waals surface area contributed by atoms with Crippen molar-refractivity contribution in [3.05, 3.63) is 22.8 Å². The molecule has 0 amide bonds. The molecule has 0 aliphatic rings. The predicted molar refractivity (Wildman–Crippen MR) is 71.0 cm³/mol. The number of phenols is 1. The van der Waals surface area contributed by atoms with Gasteiger partial charge in [-0.1, -0.05) is 11.6 Å². The minimum Gasteiger partial charge on any atom is -0.504 e. The van der Waals surface area contributed by atoms with Crippen molar-refractivity contribution in [2.24, 2.45) is 7.05 Å². The number of methoxy groups -OCH3 is 1. The molecule has 1 aromatic heterocycles. The smallest absolute Gasteiger partial charge is 0.167 e. The van der Waals surface area contributed by atoms with Crippen LogP contribution in [0.4, 0.5) is 5.82 Å². The lowest BCUT2D eigenvalue weighted by atomic mass is 10.0. The highest BCUT2D eigenvalue weighted by Crippen LogP contribution is 2.45. The first-order valence-electron chi connectivity index (χ1n) is 5.31. The van der Waals surface area contributed by atoms with Crippen molar-refractivity contribution in [1.82, 2.24) is 9.78 Å². The molecule has 0 aliphatic heterocycles. The minimum atomic E-state index is -0.0344. The summed E-state index contributed by atoms with van der Waals surface area (Å²) in [5.74, 6) is 0.753. The molecule has 3 N–H and O–H groups in total. The number of nitrogen functional groups attached to an aromatic ring is 1. The van der Waals surface area contributed by atoms with Crippen molar-refractivity contribution in [2.45, 2.75) is 6.92 Å². The summed E-state index contributed by atoms with van der Waals surface area (Å²) < 4.78 is 6.63. The van der Waals surface area contributed by atoms with E-state index in [1.165, 1.54) is 11.8 Å². The van der Waals surface area contributed by atoms with Crippen molar-refractivity contribution in [3.63, 3.8) is 0 Å².